The van der Waals surface area contributed by atoms with Crippen molar-refractivity contribution in [2.75, 3.05) is 0 Å². The summed E-state index contributed by atoms with van der Waals surface area (Å²) in [5.74, 6) is 0. The summed E-state index contributed by atoms with van der Waals surface area (Å²) in [7, 11) is 0. The number of fused-ring (bicyclic) bond motifs is 8. The Morgan fingerprint density at radius 3 is 1.49 bits per heavy atom. The summed E-state index contributed by atoms with van der Waals surface area (Å²) >= 11 is 0. The normalized spacial score (nSPS) is 13.3. The van der Waals surface area contributed by atoms with Gasteiger partial charge in [0.25, 0.3) is 0 Å². The Kier molecular flexibility index (Phi) is 6.02. The van der Waals surface area contributed by atoms with Crippen molar-refractivity contribution < 1.29 is 0 Å². The minimum Gasteiger partial charge on any atom is -0.0619 e. The fourth-order valence-corrected chi connectivity index (χ4v) is 8.55. The van der Waals surface area contributed by atoms with Crippen molar-refractivity contribution in [2.24, 2.45) is 0 Å². The Bertz CT molecular complexity index is 2800. The van der Waals surface area contributed by atoms with Crippen LogP contribution >= 0.6 is 0 Å². The lowest BCUT2D eigenvalue weighted by molar-refractivity contribution is 0.660. The molecule has 230 valence electrons. The first-order chi connectivity index (χ1) is 24.0. The van der Waals surface area contributed by atoms with Crippen molar-refractivity contribution in [1.82, 2.24) is 0 Å². The zero-order valence-electron chi connectivity index (χ0n) is 27.7. The lowest BCUT2D eigenvalue weighted by Gasteiger charge is -2.22. The molecule has 0 bridgehead atoms. The Morgan fingerprint density at radius 2 is 0.776 bits per heavy atom. The van der Waals surface area contributed by atoms with Crippen molar-refractivity contribution in [1.29, 1.82) is 0 Å². The minimum absolute atomic E-state index is 0.0270. The van der Waals surface area contributed by atoms with E-state index in [1.807, 2.05) is 0 Å². The second kappa shape index (κ2) is 10.5. The van der Waals surface area contributed by atoms with E-state index in [9.17, 15) is 0 Å². The van der Waals surface area contributed by atoms with Crippen molar-refractivity contribution in [3.8, 4) is 44.5 Å². The smallest absolute Gasteiger partial charge is 0.0159 e. The SMILES string of the molecule is CC1(C)c2ccccc2-c2ccc(-c3ccc(-c4ccc5ccc(-c6cc7ccccc7c7ccccc67)cc5c4)c4ccccc34)cc21. The van der Waals surface area contributed by atoms with Gasteiger partial charge in [-0.05, 0) is 123 Å². The monoisotopic (exact) mass is 622 g/mol. The van der Waals surface area contributed by atoms with Gasteiger partial charge in [-0.15, -0.1) is 0 Å². The number of rotatable bonds is 3. The molecule has 0 saturated heterocycles. The van der Waals surface area contributed by atoms with E-state index in [1.54, 1.807) is 0 Å². The molecule has 0 heterocycles. The highest BCUT2D eigenvalue weighted by Gasteiger charge is 2.35. The standard InChI is InChI=1S/C49H34/c1-49(2)47-18-10-9-17-44(47)45-24-23-35(30-48(45)49)39-26-25-38(41-14-5-6-15-42(39)41)33-21-19-31-20-22-34(28-36(31)27-33)46-29-32-11-3-4-12-37(32)40-13-7-8-16-43(40)46/h3-30H,1-2H3. The highest BCUT2D eigenvalue weighted by atomic mass is 14.4. The van der Waals surface area contributed by atoms with Crippen LogP contribution in [0.2, 0.25) is 0 Å². The van der Waals surface area contributed by atoms with Crippen molar-refractivity contribution >= 4 is 43.1 Å². The van der Waals surface area contributed by atoms with E-state index in [-0.39, 0.29) is 5.41 Å². The quantitative estimate of drug-likeness (QED) is 0.172. The second-order valence-electron chi connectivity index (χ2n) is 14.1. The molecule has 0 atom stereocenters. The fourth-order valence-electron chi connectivity index (χ4n) is 8.55. The predicted octanol–water partition coefficient (Wildman–Crippen LogP) is 13.6. The van der Waals surface area contributed by atoms with Crippen LogP contribution in [0.15, 0.2) is 170 Å². The van der Waals surface area contributed by atoms with Crippen LogP contribution in [-0.4, -0.2) is 0 Å². The largest absolute Gasteiger partial charge is 0.0619 e. The maximum atomic E-state index is 2.44. The molecule has 0 spiro atoms. The van der Waals surface area contributed by atoms with Crippen molar-refractivity contribution in [3.05, 3.63) is 181 Å². The second-order valence-corrected chi connectivity index (χ2v) is 14.1. The van der Waals surface area contributed by atoms with Gasteiger partial charge in [0.1, 0.15) is 0 Å². The molecule has 0 aliphatic heterocycles. The summed E-state index contributed by atoms with van der Waals surface area (Å²) in [6.07, 6.45) is 0. The van der Waals surface area contributed by atoms with Gasteiger partial charge in [0, 0.05) is 5.41 Å². The molecular weight excluding hydrogens is 589 g/mol. The van der Waals surface area contributed by atoms with Crippen LogP contribution in [0.3, 0.4) is 0 Å². The Balaban J connectivity index is 1.10. The summed E-state index contributed by atoms with van der Waals surface area (Å²) < 4.78 is 0. The average molecular weight is 623 g/mol. The molecule has 0 aromatic heterocycles. The molecule has 9 aromatic carbocycles. The maximum absolute atomic E-state index is 2.44. The fraction of sp³-hybridized carbons (Fsp3) is 0.0612. The minimum atomic E-state index is -0.0270. The van der Waals surface area contributed by atoms with Crippen LogP contribution in [0.5, 0.6) is 0 Å². The average Bonchev–Trinajstić information content (AvgIpc) is 3.39. The molecule has 0 nitrogen and oxygen atoms in total. The molecule has 0 heteroatoms. The zero-order valence-corrected chi connectivity index (χ0v) is 27.7. The molecular formula is C49H34. The first-order valence-corrected chi connectivity index (χ1v) is 17.3. The van der Waals surface area contributed by atoms with E-state index in [0.29, 0.717) is 0 Å². The Morgan fingerprint density at radius 1 is 0.286 bits per heavy atom. The van der Waals surface area contributed by atoms with Gasteiger partial charge in [-0.2, -0.15) is 0 Å². The van der Waals surface area contributed by atoms with Crippen molar-refractivity contribution in [3.63, 3.8) is 0 Å². The lowest BCUT2D eigenvalue weighted by Crippen LogP contribution is -2.14. The van der Waals surface area contributed by atoms with Gasteiger partial charge in [-0.25, -0.2) is 0 Å². The summed E-state index contributed by atoms with van der Waals surface area (Å²) in [5, 5.41) is 10.2. The molecule has 49 heavy (non-hydrogen) atoms. The molecule has 0 saturated carbocycles. The molecule has 0 N–H and O–H groups in total. The molecule has 0 fully saturated rings. The van der Waals surface area contributed by atoms with Crippen LogP contribution in [0.25, 0.3) is 87.6 Å². The first-order valence-electron chi connectivity index (χ1n) is 17.3. The third kappa shape index (κ3) is 4.24. The summed E-state index contributed by atoms with van der Waals surface area (Å²) in [6.45, 7) is 4.71. The van der Waals surface area contributed by atoms with Crippen LogP contribution in [-0.2, 0) is 5.41 Å². The van der Waals surface area contributed by atoms with E-state index in [1.165, 1.54) is 98.7 Å². The van der Waals surface area contributed by atoms with Crippen LogP contribution in [0.4, 0.5) is 0 Å². The zero-order chi connectivity index (χ0) is 32.7. The number of hydrogen-bond donors (Lipinski definition) is 0. The molecule has 1 aliphatic rings. The van der Waals surface area contributed by atoms with Crippen molar-refractivity contribution in [2.45, 2.75) is 19.3 Å². The lowest BCUT2D eigenvalue weighted by atomic mass is 9.81. The molecule has 0 unspecified atom stereocenters. The summed E-state index contributed by atoms with van der Waals surface area (Å²) in [5.41, 5.74) is 13.1. The number of hydrogen-bond acceptors (Lipinski definition) is 0. The van der Waals surface area contributed by atoms with E-state index < -0.39 is 0 Å². The van der Waals surface area contributed by atoms with Gasteiger partial charge in [-0.3, -0.25) is 0 Å². The van der Waals surface area contributed by atoms with E-state index in [4.69, 9.17) is 0 Å². The third-order valence-corrected chi connectivity index (χ3v) is 11.0. The van der Waals surface area contributed by atoms with Crippen LogP contribution in [0.1, 0.15) is 25.0 Å². The van der Waals surface area contributed by atoms with Gasteiger partial charge >= 0.3 is 0 Å². The molecule has 10 rings (SSSR count). The molecule has 1 aliphatic carbocycles. The topological polar surface area (TPSA) is 0 Å². The number of benzene rings is 9. The Labute approximate surface area is 286 Å². The molecule has 9 aromatic rings. The molecule has 0 radical (unpaired) electrons. The predicted molar refractivity (Wildman–Crippen MR) is 210 cm³/mol. The van der Waals surface area contributed by atoms with Gasteiger partial charge < -0.3 is 0 Å². The van der Waals surface area contributed by atoms with E-state index in [2.05, 4.69) is 184 Å². The summed E-state index contributed by atoms with van der Waals surface area (Å²) in [4.78, 5) is 0. The summed E-state index contributed by atoms with van der Waals surface area (Å²) in [6, 6.07) is 63.2. The van der Waals surface area contributed by atoms with Crippen LogP contribution in [0, 0.1) is 0 Å². The van der Waals surface area contributed by atoms with Gasteiger partial charge in [-0.1, -0.05) is 159 Å². The maximum Gasteiger partial charge on any atom is 0.0159 e. The van der Waals surface area contributed by atoms with Gasteiger partial charge in [0.15, 0.2) is 0 Å². The van der Waals surface area contributed by atoms with E-state index in [0.717, 1.165) is 0 Å². The third-order valence-electron chi connectivity index (χ3n) is 11.0. The Hall–Kier alpha value is -5.98. The highest BCUT2D eigenvalue weighted by Crippen LogP contribution is 2.50. The highest BCUT2D eigenvalue weighted by molar-refractivity contribution is 6.14. The van der Waals surface area contributed by atoms with Gasteiger partial charge in [0.2, 0.25) is 0 Å². The molecule has 0 amide bonds. The van der Waals surface area contributed by atoms with Gasteiger partial charge in [0.05, 0.1) is 0 Å². The van der Waals surface area contributed by atoms with E-state index >= 15 is 0 Å². The first kappa shape index (κ1) is 28.1. The van der Waals surface area contributed by atoms with Crippen LogP contribution < -0.4 is 0 Å².